The molecule has 2 atom stereocenters. The number of nitriles is 1. The summed E-state index contributed by atoms with van der Waals surface area (Å²) in [6.45, 7) is 0. The molecule has 1 aliphatic rings. The molecular formula is C12H10N2O3. The molecule has 2 rings (SSSR count). The summed E-state index contributed by atoms with van der Waals surface area (Å²) < 4.78 is 0. The van der Waals surface area contributed by atoms with Crippen LogP contribution in [-0.4, -0.2) is 24.0 Å². The molecule has 5 nitrogen and oxygen atoms in total. The number of carboxylic acid groups (broad SMARTS) is 1. The number of carbonyl (C=O) groups is 2. The molecule has 0 saturated carbocycles. The molecule has 0 aliphatic carbocycles. The van der Waals surface area contributed by atoms with Crippen molar-refractivity contribution in [1.82, 2.24) is 0 Å². The molecule has 1 aliphatic heterocycles. The van der Waals surface area contributed by atoms with Gasteiger partial charge in [0.05, 0.1) is 12.0 Å². The zero-order chi connectivity index (χ0) is 12.6. The number of anilines is 1. The number of fused-ring (bicyclic) bond motifs is 1. The quantitative estimate of drug-likeness (QED) is 0.820. The van der Waals surface area contributed by atoms with Crippen molar-refractivity contribution in [3.8, 4) is 6.07 Å². The Hall–Kier alpha value is -2.35. The topological polar surface area (TPSA) is 81.4 Å². The van der Waals surface area contributed by atoms with E-state index in [0.29, 0.717) is 11.3 Å². The average Bonchev–Trinajstić information content (AvgIpc) is 2.56. The third-order valence-corrected chi connectivity index (χ3v) is 2.97. The van der Waals surface area contributed by atoms with Crippen LogP contribution in [0.25, 0.3) is 0 Å². The monoisotopic (exact) mass is 230 g/mol. The molecule has 0 aromatic heterocycles. The largest absolute Gasteiger partial charge is 0.480 e. The SMILES string of the molecule is CN1C(=O)C(C(C#N)C(=O)O)c2ccccc21. The van der Waals surface area contributed by atoms with Crippen molar-refractivity contribution in [2.45, 2.75) is 5.92 Å². The van der Waals surface area contributed by atoms with Gasteiger partial charge in [-0.1, -0.05) is 18.2 Å². The maximum absolute atomic E-state index is 12.0. The van der Waals surface area contributed by atoms with Gasteiger partial charge in [-0.2, -0.15) is 5.26 Å². The van der Waals surface area contributed by atoms with E-state index in [9.17, 15) is 9.59 Å². The van der Waals surface area contributed by atoms with Crippen LogP contribution in [0.2, 0.25) is 0 Å². The van der Waals surface area contributed by atoms with E-state index in [2.05, 4.69) is 0 Å². The first-order valence-corrected chi connectivity index (χ1v) is 5.07. The van der Waals surface area contributed by atoms with E-state index in [1.165, 1.54) is 4.90 Å². The summed E-state index contributed by atoms with van der Waals surface area (Å²) in [5, 5.41) is 17.9. The zero-order valence-electron chi connectivity index (χ0n) is 9.12. The highest BCUT2D eigenvalue weighted by Crippen LogP contribution is 2.40. The fraction of sp³-hybridized carbons (Fsp3) is 0.250. The standard InChI is InChI=1S/C12H10N2O3/c1-14-9-5-3-2-4-7(9)10(11(14)15)8(6-13)12(16)17/h2-5,8,10H,1H3,(H,16,17). The lowest BCUT2D eigenvalue weighted by Gasteiger charge is -2.12. The van der Waals surface area contributed by atoms with Crippen molar-refractivity contribution in [3.63, 3.8) is 0 Å². The van der Waals surface area contributed by atoms with Crippen LogP contribution in [0.15, 0.2) is 24.3 Å². The lowest BCUT2D eigenvalue weighted by atomic mass is 9.88. The molecular weight excluding hydrogens is 220 g/mol. The second-order valence-corrected chi connectivity index (χ2v) is 3.88. The summed E-state index contributed by atoms with van der Waals surface area (Å²) in [4.78, 5) is 24.4. The van der Waals surface area contributed by atoms with Crippen molar-refractivity contribution in [3.05, 3.63) is 29.8 Å². The van der Waals surface area contributed by atoms with Crippen molar-refractivity contribution in [1.29, 1.82) is 5.26 Å². The third-order valence-electron chi connectivity index (χ3n) is 2.97. The minimum atomic E-state index is -1.34. The highest BCUT2D eigenvalue weighted by molar-refractivity contribution is 6.07. The molecule has 86 valence electrons. The molecule has 0 fully saturated rings. The van der Waals surface area contributed by atoms with Crippen LogP contribution in [0.3, 0.4) is 0 Å². The van der Waals surface area contributed by atoms with Crippen LogP contribution >= 0.6 is 0 Å². The van der Waals surface area contributed by atoms with Crippen LogP contribution in [0.1, 0.15) is 11.5 Å². The Kier molecular flexibility index (Phi) is 2.56. The average molecular weight is 230 g/mol. The van der Waals surface area contributed by atoms with Crippen LogP contribution in [-0.2, 0) is 9.59 Å². The number of carboxylic acids is 1. The Balaban J connectivity index is 2.54. The first-order valence-electron chi connectivity index (χ1n) is 5.07. The van der Waals surface area contributed by atoms with Gasteiger partial charge in [0.1, 0.15) is 0 Å². The third kappa shape index (κ3) is 1.54. The molecule has 0 saturated heterocycles. The molecule has 2 unspecified atom stereocenters. The number of benzene rings is 1. The normalized spacial score (nSPS) is 19.6. The van der Waals surface area contributed by atoms with Gasteiger partial charge in [0, 0.05) is 12.7 Å². The van der Waals surface area contributed by atoms with Crippen LogP contribution < -0.4 is 4.90 Å². The minimum absolute atomic E-state index is 0.347. The van der Waals surface area contributed by atoms with Crippen LogP contribution in [0, 0.1) is 17.2 Å². The number of aliphatic carboxylic acids is 1. The number of nitrogens with zero attached hydrogens (tertiary/aromatic N) is 2. The van der Waals surface area contributed by atoms with E-state index in [-0.39, 0.29) is 5.91 Å². The van der Waals surface area contributed by atoms with Gasteiger partial charge in [-0.05, 0) is 11.6 Å². The van der Waals surface area contributed by atoms with Crippen molar-refractivity contribution in [2.24, 2.45) is 5.92 Å². The summed E-state index contributed by atoms with van der Waals surface area (Å²) in [6.07, 6.45) is 0. The maximum Gasteiger partial charge on any atom is 0.322 e. The van der Waals surface area contributed by atoms with Gasteiger partial charge >= 0.3 is 5.97 Å². The van der Waals surface area contributed by atoms with Crippen LogP contribution in [0.4, 0.5) is 5.69 Å². The Morgan fingerprint density at radius 2 is 2.18 bits per heavy atom. The second kappa shape index (κ2) is 3.91. The Morgan fingerprint density at radius 3 is 2.76 bits per heavy atom. The number of hydrogen-bond acceptors (Lipinski definition) is 3. The van der Waals surface area contributed by atoms with E-state index >= 15 is 0 Å². The summed E-state index contributed by atoms with van der Waals surface area (Å²) in [5.41, 5.74) is 1.28. The molecule has 0 radical (unpaired) electrons. The summed E-state index contributed by atoms with van der Waals surface area (Å²) in [5.74, 6) is -3.86. The van der Waals surface area contributed by atoms with E-state index in [1.807, 2.05) is 0 Å². The van der Waals surface area contributed by atoms with Crippen molar-refractivity contribution in [2.75, 3.05) is 11.9 Å². The van der Waals surface area contributed by atoms with Gasteiger partial charge in [0.15, 0.2) is 5.92 Å². The summed E-state index contributed by atoms with van der Waals surface area (Å²) >= 11 is 0. The Morgan fingerprint density at radius 1 is 1.53 bits per heavy atom. The number of hydrogen-bond donors (Lipinski definition) is 1. The first kappa shape index (κ1) is 11.1. The molecule has 17 heavy (non-hydrogen) atoms. The Bertz CT molecular complexity index is 533. The zero-order valence-corrected chi connectivity index (χ0v) is 9.12. The van der Waals surface area contributed by atoms with E-state index in [4.69, 9.17) is 10.4 Å². The Labute approximate surface area is 97.9 Å². The number of carbonyl (C=O) groups excluding carboxylic acids is 1. The minimum Gasteiger partial charge on any atom is -0.480 e. The molecule has 5 heteroatoms. The smallest absolute Gasteiger partial charge is 0.322 e. The van der Waals surface area contributed by atoms with Gasteiger partial charge in [-0.25, -0.2) is 0 Å². The predicted octanol–water partition coefficient (Wildman–Crippen LogP) is 0.971. The molecule has 1 heterocycles. The molecule has 0 spiro atoms. The maximum atomic E-state index is 12.0. The van der Waals surface area contributed by atoms with E-state index in [0.717, 1.165) is 0 Å². The second-order valence-electron chi connectivity index (χ2n) is 3.88. The molecule has 0 bridgehead atoms. The lowest BCUT2D eigenvalue weighted by molar-refractivity contribution is -0.142. The fourth-order valence-electron chi connectivity index (χ4n) is 2.11. The van der Waals surface area contributed by atoms with Gasteiger partial charge in [-0.3, -0.25) is 9.59 Å². The van der Waals surface area contributed by atoms with Gasteiger partial charge in [0.25, 0.3) is 0 Å². The number of likely N-dealkylation sites (N-methyl/N-ethyl adjacent to an activating group) is 1. The number of para-hydroxylation sites is 1. The van der Waals surface area contributed by atoms with Crippen molar-refractivity contribution >= 4 is 17.6 Å². The predicted molar refractivity (Wildman–Crippen MR) is 59.3 cm³/mol. The highest BCUT2D eigenvalue weighted by atomic mass is 16.4. The van der Waals surface area contributed by atoms with Gasteiger partial charge in [-0.15, -0.1) is 0 Å². The number of amides is 1. The van der Waals surface area contributed by atoms with Gasteiger partial charge in [0.2, 0.25) is 5.91 Å². The summed E-state index contributed by atoms with van der Waals surface area (Å²) in [6, 6.07) is 8.62. The van der Waals surface area contributed by atoms with Crippen LogP contribution in [0.5, 0.6) is 0 Å². The highest BCUT2D eigenvalue weighted by Gasteiger charge is 2.43. The summed E-state index contributed by atoms with van der Waals surface area (Å²) in [7, 11) is 1.58. The van der Waals surface area contributed by atoms with Gasteiger partial charge < -0.3 is 10.0 Å². The van der Waals surface area contributed by atoms with Crippen molar-refractivity contribution < 1.29 is 14.7 Å². The lowest BCUT2D eigenvalue weighted by Crippen LogP contribution is -2.30. The molecule has 1 aromatic rings. The fourth-order valence-corrected chi connectivity index (χ4v) is 2.11. The first-order chi connectivity index (χ1) is 8.07. The molecule has 1 amide bonds. The molecule has 1 aromatic carbocycles. The number of rotatable bonds is 2. The molecule has 1 N–H and O–H groups in total. The van der Waals surface area contributed by atoms with E-state index in [1.54, 1.807) is 37.4 Å². The van der Waals surface area contributed by atoms with E-state index < -0.39 is 17.8 Å².